The molecule has 15 heteroatoms. The zero-order valence-electron chi connectivity index (χ0n) is 23.4. The molecule has 1 amide bonds. The quantitative estimate of drug-likeness (QED) is 0.315. The van der Waals surface area contributed by atoms with E-state index >= 15 is 0 Å². The van der Waals surface area contributed by atoms with Crippen molar-refractivity contribution in [1.82, 2.24) is 19.9 Å². The number of alkyl halides is 3. The summed E-state index contributed by atoms with van der Waals surface area (Å²) in [5, 5.41) is 12.2. The number of nitrogens with one attached hydrogen (secondary N) is 1. The van der Waals surface area contributed by atoms with Crippen LogP contribution in [-0.4, -0.2) is 69.4 Å². The number of halogens is 3. The van der Waals surface area contributed by atoms with Gasteiger partial charge in [-0.1, -0.05) is 17.8 Å². The third-order valence-electron chi connectivity index (χ3n) is 7.75. The van der Waals surface area contributed by atoms with Crippen LogP contribution in [0, 0.1) is 5.92 Å². The predicted octanol–water partition coefficient (Wildman–Crippen LogP) is 5.37. The van der Waals surface area contributed by atoms with Crippen molar-refractivity contribution in [3.05, 3.63) is 46.7 Å². The molecule has 2 saturated heterocycles. The van der Waals surface area contributed by atoms with Crippen molar-refractivity contribution in [2.45, 2.75) is 50.6 Å². The summed E-state index contributed by atoms with van der Waals surface area (Å²) in [7, 11) is 4.02. The molecular weight excluding hydrogens is 604 g/mol. The minimum absolute atomic E-state index is 0.0485. The van der Waals surface area contributed by atoms with E-state index in [1.165, 1.54) is 43.0 Å². The molecule has 2 atom stereocenters. The first-order chi connectivity index (χ1) is 20.5. The number of carbonyl (C=O) groups is 2. The number of methoxy groups -OCH3 is 1. The van der Waals surface area contributed by atoms with Gasteiger partial charge < -0.3 is 14.7 Å². The number of thiazole rings is 1. The Kier molecular flexibility index (Phi) is 9.48. The Hall–Kier alpha value is -3.35. The second-order valence-electron chi connectivity index (χ2n) is 10.6. The Labute approximate surface area is 252 Å². The summed E-state index contributed by atoms with van der Waals surface area (Å²) in [6, 6.07) is 3.84. The number of carbonyl (C=O) groups excluding carboxylic acids is 1. The molecule has 2 aliphatic rings. The van der Waals surface area contributed by atoms with E-state index in [-0.39, 0.29) is 33.8 Å². The number of amides is 1. The van der Waals surface area contributed by atoms with E-state index in [0.29, 0.717) is 44.0 Å². The summed E-state index contributed by atoms with van der Waals surface area (Å²) >= 11 is 1.21. The zero-order valence-corrected chi connectivity index (χ0v) is 25.4. The smallest absolute Gasteiger partial charge is 0.419 e. The number of likely N-dealkylation sites (tertiary alicyclic amines) is 1. The van der Waals surface area contributed by atoms with Gasteiger partial charge in [-0.2, -0.15) is 13.2 Å². The van der Waals surface area contributed by atoms with Crippen LogP contribution in [0.25, 0.3) is 11.3 Å². The van der Waals surface area contributed by atoms with Gasteiger partial charge in [0, 0.05) is 35.9 Å². The van der Waals surface area contributed by atoms with Gasteiger partial charge in [0.2, 0.25) is 0 Å². The van der Waals surface area contributed by atoms with Crippen LogP contribution in [0.5, 0.6) is 5.75 Å². The fourth-order valence-electron chi connectivity index (χ4n) is 5.33. The van der Waals surface area contributed by atoms with Gasteiger partial charge in [0.25, 0.3) is 5.91 Å². The van der Waals surface area contributed by atoms with Gasteiger partial charge in [0.05, 0.1) is 36.7 Å². The number of carboxylic acid groups (broad SMARTS) is 1. The van der Waals surface area contributed by atoms with Crippen LogP contribution in [0.1, 0.15) is 53.0 Å². The lowest BCUT2D eigenvalue weighted by Gasteiger charge is -2.32. The first kappa shape index (κ1) is 31.1. The van der Waals surface area contributed by atoms with Crippen molar-refractivity contribution in [3.63, 3.8) is 0 Å². The molecule has 2 fully saturated rings. The lowest BCUT2D eigenvalue weighted by atomic mass is 9.97. The number of aromatic nitrogens is 3. The van der Waals surface area contributed by atoms with E-state index in [1.807, 2.05) is 4.90 Å². The second kappa shape index (κ2) is 13.1. The lowest BCUT2D eigenvalue weighted by Crippen LogP contribution is -2.36. The highest BCUT2D eigenvalue weighted by molar-refractivity contribution is 7.17. The van der Waals surface area contributed by atoms with E-state index in [4.69, 9.17) is 4.74 Å². The molecule has 0 saturated carbocycles. The Bertz CT molecular complexity index is 1460. The van der Waals surface area contributed by atoms with E-state index in [0.717, 1.165) is 36.8 Å². The number of rotatable bonds is 8. The Morgan fingerprint density at radius 1 is 1.14 bits per heavy atom. The summed E-state index contributed by atoms with van der Waals surface area (Å²) in [5.74, 6) is -1.24. The largest absolute Gasteiger partial charge is 0.496 e. The molecule has 5 rings (SSSR count). The van der Waals surface area contributed by atoms with Gasteiger partial charge in [-0.15, -0.1) is 9.24 Å². The normalized spacial score (nSPS) is 18.4. The van der Waals surface area contributed by atoms with Crippen LogP contribution in [-0.2, 0) is 17.5 Å². The first-order valence-corrected chi connectivity index (χ1v) is 15.4. The molecule has 0 spiro atoms. The molecule has 0 aliphatic carbocycles. The van der Waals surface area contributed by atoms with Crippen molar-refractivity contribution < 1.29 is 32.6 Å². The van der Waals surface area contributed by atoms with Crippen molar-refractivity contribution in [1.29, 1.82) is 0 Å². The number of anilines is 2. The number of aliphatic carboxylic acids is 1. The molecule has 2 unspecified atom stereocenters. The van der Waals surface area contributed by atoms with E-state index in [9.17, 15) is 27.9 Å². The summed E-state index contributed by atoms with van der Waals surface area (Å²) in [4.78, 5) is 42.4. The van der Waals surface area contributed by atoms with Crippen molar-refractivity contribution in [3.8, 4) is 17.0 Å². The monoisotopic (exact) mass is 636 g/mol. The van der Waals surface area contributed by atoms with Crippen LogP contribution in [0.3, 0.4) is 0 Å². The Morgan fingerprint density at radius 3 is 2.53 bits per heavy atom. The topological polar surface area (TPSA) is 121 Å². The van der Waals surface area contributed by atoms with Crippen molar-refractivity contribution in [2.24, 2.45) is 5.92 Å². The van der Waals surface area contributed by atoms with Crippen LogP contribution >= 0.6 is 20.6 Å². The summed E-state index contributed by atoms with van der Waals surface area (Å²) in [5.41, 5.74) is -0.218. The highest BCUT2D eigenvalue weighted by Gasteiger charge is 2.35. The molecule has 0 radical (unpaired) electrons. The minimum atomic E-state index is -4.62. The van der Waals surface area contributed by atoms with Crippen molar-refractivity contribution in [2.75, 3.05) is 37.0 Å². The summed E-state index contributed by atoms with van der Waals surface area (Å²) < 4.78 is 46.4. The third kappa shape index (κ3) is 7.25. The van der Waals surface area contributed by atoms with Crippen LogP contribution in [0.15, 0.2) is 30.6 Å². The van der Waals surface area contributed by atoms with Gasteiger partial charge in [0.1, 0.15) is 17.3 Å². The molecule has 230 valence electrons. The first-order valence-electron chi connectivity index (χ1n) is 13.9. The van der Waals surface area contributed by atoms with Crippen LogP contribution in [0.2, 0.25) is 0 Å². The average Bonchev–Trinajstić information content (AvgIpc) is 3.39. The van der Waals surface area contributed by atoms with Crippen LogP contribution in [0.4, 0.5) is 24.1 Å². The molecule has 10 nitrogen and oxygen atoms in total. The van der Waals surface area contributed by atoms with Gasteiger partial charge >= 0.3 is 12.1 Å². The molecular formula is C28H32F3N6O4PS. The average molecular weight is 637 g/mol. The minimum Gasteiger partial charge on any atom is -0.496 e. The fraction of sp³-hybridized carbons (Fsp3) is 0.464. The molecule has 2 aromatic heterocycles. The van der Waals surface area contributed by atoms with Crippen LogP contribution < -0.4 is 15.0 Å². The number of piperidine rings is 2. The molecule has 2 N–H and O–H groups in total. The molecule has 3 aromatic rings. The lowest BCUT2D eigenvalue weighted by molar-refractivity contribution is -0.142. The van der Waals surface area contributed by atoms with Gasteiger partial charge in [-0.3, -0.25) is 19.8 Å². The maximum absolute atomic E-state index is 13.8. The number of nitrogens with zero attached hydrogens (tertiary/aromatic N) is 5. The van der Waals surface area contributed by atoms with Gasteiger partial charge in [-0.05, 0) is 50.4 Å². The number of carboxylic acids is 1. The summed E-state index contributed by atoms with van der Waals surface area (Å²) in [6.45, 7) is 2.37. The van der Waals surface area contributed by atoms with E-state index < -0.39 is 23.6 Å². The maximum atomic E-state index is 13.8. The van der Waals surface area contributed by atoms with Gasteiger partial charge in [0.15, 0.2) is 5.13 Å². The third-order valence-corrected chi connectivity index (χ3v) is 9.46. The van der Waals surface area contributed by atoms with E-state index in [2.05, 4.69) is 34.4 Å². The molecule has 2 aliphatic heterocycles. The van der Waals surface area contributed by atoms with E-state index in [1.54, 1.807) is 0 Å². The second-order valence-corrected chi connectivity index (χ2v) is 12.4. The molecule has 43 heavy (non-hydrogen) atoms. The van der Waals surface area contributed by atoms with Gasteiger partial charge in [-0.25, -0.2) is 15.0 Å². The fourth-order valence-corrected chi connectivity index (χ4v) is 6.83. The molecule has 4 heterocycles. The predicted molar refractivity (Wildman–Crippen MR) is 159 cm³/mol. The Balaban J connectivity index is 1.37. The number of hydrogen-bond acceptors (Lipinski definition) is 9. The summed E-state index contributed by atoms with van der Waals surface area (Å²) in [6.07, 6.45) is 2.32. The highest BCUT2D eigenvalue weighted by Crippen LogP contribution is 2.41. The maximum Gasteiger partial charge on any atom is 0.419 e. The van der Waals surface area contributed by atoms with Crippen molar-refractivity contribution >= 4 is 43.4 Å². The highest BCUT2D eigenvalue weighted by atomic mass is 32.1. The molecule has 1 aromatic carbocycles. The SMILES string of the molecule is COc1ccc(-c2nc(NC(=O)c3cnc(N4CCC(C(=O)O)CC4)cn3)sc2CN2CCCCC2P)cc1C(F)(F)F. The number of ether oxygens (including phenoxy) is 1. The number of benzene rings is 1. The molecule has 0 bridgehead atoms. The standard InChI is InChI=1S/C28H32F3N6O4PS/c1-41-20-6-5-17(12-18(20)28(29,30)31)24-21(15-37-9-3-2-4-23(37)42)43-27(34-24)35-25(38)19-13-33-22(14-32-19)36-10-7-16(8-11-36)26(39)40/h5-6,12-14,16,23H,2-4,7-11,15,42H2,1H3,(H,39,40)(H,34,35,38). The Morgan fingerprint density at radius 2 is 1.91 bits per heavy atom. The number of hydrogen-bond donors (Lipinski definition) is 2. The zero-order chi connectivity index (χ0) is 30.7.